The second-order valence-electron chi connectivity index (χ2n) is 3.79. The number of benzene rings is 1. The van der Waals surface area contributed by atoms with Gasteiger partial charge in [0.1, 0.15) is 12.4 Å². The minimum absolute atomic E-state index is 0.270. The highest BCUT2D eigenvalue weighted by molar-refractivity contribution is 7.07. The van der Waals surface area contributed by atoms with Crippen LogP contribution in [0.1, 0.15) is 18.5 Å². The molecular formula is C14H17NOS. The molecule has 2 aromatic rings. The molecule has 0 bridgehead atoms. The number of thiophene rings is 1. The van der Waals surface area contributed by atoms with Crippen LogP contribution in [0.5, 0.6) is 5.75 Å². The molecular weight excluding hydrogens is 230 g/mol. The zero-order valence-electron chi connectivity index (χ0n) is 9.93. The van der Waals surface area contributed by atoms with Gasteiger partial charge in [-0.25, -0.2) is 0 Å². The number of rotatable bonds is 6. The molecule has 0 fully saturated rings. The fourth-order valence-corrected chi connectivity index (χ4v) is 2.40. The van der Waals surface area contributed by atoms with Crippen molar-refractivity contribution in [2.24, 2.45) is 0 Å². The van der Waals surface area contributed by atoms with Crippen LogP contribution in [0, 0.1) is 0 Å². The second kappa shape index (κ2) is 6.42. The summed E-state index contributed by atoms with van der Waals surface area (Å²) in [6.07, 6.45) is 0. The molecule has 1 N–H and O–H groups in total. The fourth-order valence-electron chi connectivity index (χ4n) is 1.69. The van der Waals surface area contributed by atoms with E-state index in [0.717, 1.165) is 12.3 Å². The Bertz CT molecular complexity index is 413. The molecule has 0 aliphatic rings. The first-order chi connectivity index (χ1) is 8.40. The topological polar surface area (TPSA) is 21.3 Å². The molecule has 0 radical (unpaired) electrons. The summed E-state index contributed by atoms with van der Waals surface area (Å²) < 4.78 is 5.79. The predicted octanol–water partition coefficient (Wildman–Crippen LogP) is 3.48. The molecule has 0 spiro atoms. The largest absolute Gasteiger partial charge is 0.492 e. The van der Waals surface area contributed by atoms with Gasteiger partial charge in [-0.15, -0.1) is 0 Å². The zero-order valence-corrected chi connectivity index (χ0v) is 10.7. The summed E-state index contributed by atoms with van der Waals surface area (Å²) in [6, 6.07) is 12.4. The van der Waals surface area contributed by atoms with Gasteiger partial charge in [0.05, 0.1) is 6.04 Å². The lowest BCUT2D eigenvalue weighted by Crippen LogP contribution is -2.26. The smallest absolute Gasteiger partial charge is 0.119 e. The normalized spacial score (nSPS) is 12.3. The Hall–Kier alpha value is -1.32. The van der Waals surface area contributed by atoms with Crippen molar-refractivity contribution in [2.75, 3.05) is 13.2 Å². The van der Waals surface area contributed by atoms with E-state index in [1.807, 2.05) is 30.3 Å². The van der Waals surface area contributed by atoms with Gasteiger partial charge in [0.25, 0.3) is 0 Å². The number of hydrogen-bond donors (Lipinski definition) is 1. The fraction of sp³-hybridized carbons (Fsp3) is 0.286. The average Bonchev–Trinajstić information content (AvgIpc) is 2.89. The number of ether oxygens (including phenoxy) is 1. The highest BCUT2D eigenvalue weighted by atomic mass is 32.1. The highest BCUT2D eigenvalue weighted by Gasteiger charge is 2.11. The predicted molar refractivity (Wildman–Crippen MR) is 72.7 cm³/mol. The van der Waals surface area contributed by atoms with Gasteiger partial charge in [0, 0.05) is 0 Å². The molecule has 0 saturated heterocycles. The van der Waals surface area contributed by atoms with Gasteiger partial charge in [-0.1, -0.05) is 25.1 Å². The Kier molecular flexibility index (Phi) is 4.59. The first kappa shape index (κ1) is 12.1. The maximum absolute atomic E-state index is 5.79. The third-order valence-electron chi connectivity index (χ3n) is 2.56. The highest BCUT2D eigenvalue weighted by Crippen LogP contribution is 2.18. The van der Waals surface area contributed by atoms with Crippen LogP contribution in [0.2, 0.25) is 0 Å². The molecule has 0 aliphatic carbocycles. The van der Waals surface area contributed by atoms with Crippen molar-refractivity contribution in [3.8, 4) is 5.75 Å². The summed E-state index contributed by atoms with van der Waals surface area (Å²) in [6.45, 7) is 3.72. The van der Waals surface area contributed by atoms with Crippen LogP contribution in [-0.2, 0) is 0 Å². The number of likely N-dealkylation sites (N-methyl/N-ethyl adjacent to an activating group) is 1. The SMILES string of the molecule is CCNC(COc1ccccc1)c1ccsc1. The van der Waals surface area contributed by atoms with Crippen LogP contribution in [0.15, 0.2) is 47.2 Å². The summed E-state index contributed by atoms with van der Waals surface area (Å²) in [5.41, 5.74) is 1.30. The molecule has 3 heteroatoms. The molecule has 17 heavy (non-hydrogen) atoms. The van der Waals surface area contributed by atoms with Crippen molar-refractivity contribution in [3.63, 3.8) is 0 Å². The van der Waals surface area contributed by atoms with E-state index in [4.69, 9.17) is 4.74 Å². The quantitative estimate of drug-likeness (QED) is 0.844. The maximum atomic E-state index is 5.79. The molecule has 1 heterocycles. The van der Waals surface area contributed by atoms with Crippen LogP contribution in [0.25, 0.3) is 0 Å². The summed E-state index contributed by atoms with van der Waals surface area (Å²) in [5.74, 6) is 0.922. The lowest BCUT2D eigenvalue weighted by molar-refractivity contribution is 0.268. The summed E-state index contributed by atoms with van der Waals surface area (Å²) in [5, 5.41) is 7.70. The first-order valence-electron chi connectivity index (χ1n) is 5.83. The van der Waals surface area contributed by atoms with Gasteiger partial charge < -0.3 is 10.1 Å². The molecule has 2 nitrogen and oxygen atoms in total. The van der Waals surface area contributed by atoms with Crippen LogP contribution in [0.4, 0.5) is 0 Å². The number of hydrogen-bond acceptors (Lipinski definition) is 3. The van der Waals surface area contributed by atoms with Gasteiger partial charge in [0.2, 0.25) is 0 Å². The summed E-state index contributed by atoms with van der Waals surface area (Å²) in [7, 11) is 0. The number of nitrogens with one attached hydrogen (secondary N) is 1. The van der Waals surface area contributed by atoms with Crippen molar-refractivity contribution >= 4 is 11.3 Å². The van der Waals surface area contributed by atoms with Gasteiger partial charge >= 0.3 is 0 Å². The first-order valence-corrected chi connectivity index (χ1v) is 6.77. The van der Waals surface area contributed by atoms with E-state index < -0.39 is 0 Å². The lowest BCUT2D eigenvalue weighted by Gasteiger charge is -2.17. The van der Waals surface area contributed by atoms with E-state index >= 15 is 0 Å². The van der Waals surface area contributed by atoms with Crippen molar-refractivity contribution in [2.45, 2.75) is 13.0 Å². The Balaban J connectivity index is 1.95. The van der Waals surface area contributed by atoms with Crippen LogP contribution in [0.3, 0.4) is 0 Å². The molecule has 0 saturated carbocycles. The second-order valence-corrected chi connectivity index (χ2v) is 4.57. The van der Waals surface area contributed by atoms with Crippen molar-refractivity contribution in [1.82, 2.24) is 5.32 Å². The van der Waals surface area contributed by atoms with Crippen molar-refractivity contribution in [1.29, 1.82) is 0 Å². The van der Waals surface area contributed by atoms with E-state index in [9.17, 15) is 0 Å². The molecule has 0 aliphatic heterocycles. The van der Waals surface area contributed by atoms with Crippen LogP contribution < -0.4 is 10.1 Å². The minimum atomic E-state index is 0.270. The minimum Gasteiger partial charge on any atom is -0.492 e. The molecule has 90 valence electrons. The summed E-state index contributed by atoms with van der Waals surface area (Å²) >= 11 is 1.72. The van der Waals surface area contributed by atoms with Crippen molar-refractivity contribution < 1.29 is 4.74 Å². The zero-order chi connectivity index (χ0) is 11.9. The molecule has 1 atom stereocenters. The van der Waals surface area contributed by atoms with Crippen molar-refractivity contribution in [3.05, 3.63) is 52.7 Å². The third kappa shape index (κ3) is 3.58. The van der Waals surface area contributed by atoms with E-state index in [-0.39, 0.29) is 6.04 Å². The Morgan fingerprint density at radius 3 is 2.71 bits per heavy atom. The molecule has 2 rings (SSSR count). The van der Waals surface area contributed by atoms with Gasteiger partial charge in [0.15, 0.2) is 0 Å². The number of para-hydroxylation sites is 1. The van der Waals surface area contributed by atoms with E-state index in [1.165, 1.54) is 5.56 Å². The molecule has 0 amide bonds. The molecule has 1 aromatic heterocycles. The van der Waals surface area contributed by atoms with Gasteiger partial charge in [-0.3, -0.25) is 0 Å². The third-order valence-corrected chi connectivity index (χ3v) is 3.26. The summed E-state index contributed by atoms with van der Waals surface area (Å²) in [4.78, 5) is 0. The Morgan fingerprint density at radius 2 is 2.06 bits per heavy atom. The Morgan fingerprint density at radius 1 is 1.24 bits per heavy atom. The van der Waals surface area contributed by atoms with Gasteiger partial charge in [-0.05, 0) is 41.1 Å². The average molecular weight is 247 g/mol. The van der Waals surface area contributed by atoms with Crippen LogP contribution >= 0.6 is 11.3 Å². The van der Waals surface area contributed by atoms with E-state index in [1.54, 1.807) is 11.3 Å². The van der Waals surface area contributed by atoms with E-state index in [2.05, 4.69) is 29.1 Å². The lowest BCUT2D eigenvalue weighted by atomic mass is 10.1. The monoisotopic (exact) mass is 247 g/mol. The van der Waals surface area contributed by atoms with E-state index in [0.29, 0.717) is 6.61 Å². The molecule has 1 aromatic carbocycles. The van der Waals surface area contributed by atoms with Crippen LogP contribution in [-0.4, -0.2) is 13.2 Å². The maximum Gasteiger partial charge on any atom is 0.119 e. The standard InChI is InChI=1S/C14H17NOS/c1-2-15-14(12-8-9-17-11-12)10-16-13-6-4-3-5-7-13/h3-9,11,14-15H,2,10H2,1H3. The molecule has 1 unspecified atom stereocenters. The van der Waals surface area contributed by atoms with Gasteiger partial charge in [-0.2, -0.15) is 11.3 Å². The Labute approximate surface area is 106 Å².